The van der Waals surface area contributed by atoms with Crippen LogP contribution in [0.15, 0.2) is 10.8 Å². The van der Waals surface area contributed by atoms with Crippen molar-refractivity contribution in [1.82, 2.24) is 9.78 Å². The summed E-state index contributed by atoms with van der Waals surface area (Å²) in [5, 5.41) is 13.3. The van der Waals surface area contributed by atoms with Crippen molar-refractivity contribution in [3.63, 3.8) is 0 Å². The highest BCUT2D eigenvalue weighted by atomic mass is 79.9. The van der Waals surface area contributed by atoms with E-state index in [1.807, 2.05) is 0 Å². The summed E-state index contributed by atoms with van der Waals surface area (Å²) >= 11 is 3.22. The van der Waals surface area contributed by atoms with E-state index < -0.39 is 9.84 Å². The van der Waals surface area contributed by atoms with Crippen molar-refractivity contribution in [2.24, 2.45) is 0 Å². The van der Waals surface area contributed by atoms with E-state index >= 15 is 0 Å². The number of hydrogen-bond donors (Lipinski definition) is 1. The molecule has 2 rings (SSSR count). The monoisotopic (exact) mass is 294 g/mol. The summed E-state index contributed by atoms with van der Waals surface area (Å²) in [6.45, 7) is 0. The van der Waals surface area contributed by atoms with Crippen molar-refractivity contribution < 1.29 is 13.5 Å². The van der Waals surface area contributed by atoms with E-state index in [1.54, 1.807) is 4.68 Å². The number of aromatic nitrogens is 2. The van der Waals surface area contributed by atoms with Gasteiger partial charge in [0.15, 0.2) is 5.75 Å². The maximum absolute atomic E-state index is 11.2. The Labute approximate surface area is 96.1 Å². The fraction of sp³-hybridized carbons (Fsp3) is 0.625. The summed E-state index contributed by atoms with van der Waals surface area (Å²) < 4.78 is 24.6. The predicted octanol–water partition coefficient (Wildman–Crippen LogP) is 1.10. The molecule has 7 heteroatoms. The van der Waals surface area contributed by atoms with Crippen molar-refractivity contribution in [2.45, 2.75) is 18.9 Å². The van der Waals surface area contributed by atoms with Gasteiger partial charge in [0.05, 0.1) is 23.7 Å². The first-order chi connectivity index (χ1) is 6.99. The van der Waals surface area contributed by atoms with Gasteiger partial charge in [0.2, 0.25) is 0 Å². The van der Waals surface area contributed by atoms with Crippen LogP contribution < -0.4 is 0 Å². The number of hydrogen-bond acceptors (Lipinski definition) is 4. The largest absolute Gasteiger partial charge is 0.504 e. The van der Waals surface area contributed by atoms with Gasteiger partial charge in [-0.3, -0.25) is 4.68 Å². The van der Waals surface area contributed by atoms with E-state index in [2.05, 4.69) is 21.0 Å². The highest BCUT2D eigenvalue weighted by Gasteiger charge is 2.26. The molecule has 0 saturated carbocycles. The molecule has 1 N–H and O–H groups in total. The first kappa shape index (κ1) is 10.9. The summed E-state index contributed by atoms with van der Waals surface area (Å²) in [4.78, 5) is 0. The molecule has 1 aliphatic heterocycles. The molecule has 15 heavy (non-hydrogen) atoms. The van der Waals surface area contributed by atoms with Crippen molar-refractivity contribution in [2.75, 3.05) is 11.5 Å². The van der Waals surface area contributed by atoms with E-state index in [9.17, 15) is 13.5 Å². The van der Waals surface area contributed by atoms with Crippen LogP contribution in [0.2, 0.25) is 0 Å². The number of aromatic hydroxyl groups is 1. The Balaban J connectivity index is 2.18. The van der Waals surface area contributed by atoms with Crippen LogP contribution in [0.1, 0.15) is 18.9 Å². The van der Waals surface area contributed by atoms with Crippen molar-refractivity contribution in [3.05, 3.63) is 10.8 Å². The lowest BCUT2D eigenvalue weighted by molar-refractivity contribution is 0.401. The fourth-order valence-electron chi connectivity index (χ4n) is 1.71. The summed E-state index contributed by atoms with van der Waals surface area (Å²) in [5.74, 6) is 0.485. The third-order valence-corrected chi connectivity index (χ3v) is 5.07. The highest BCUT2D eigenvalue weighted by molar-refractivity contribution is 9.10. The number of rotatable bonds is 1. The molecule has 5 nitrogen and oxygen atoms in total. The quantitative estimate of drug-likeness (QED) is 0.842. The Morgan fingerprint density at radius 3 is 2.53 bits per heavy atom. The first-order valence-electron chi connectivity index (χ1n) is 4.62. The van der Waals surface area contributed by atoms with Crippen LogP contribution in [-0.2, 0) is 9.84 Å². The maximum atomic E-state index is 11.2. The van der Waals surface area contributed by atoms with Gasteiger partial charge < -0.3 is 5.11 Å². The van der Waals surface area contributed by atoms with Gasteiger partial charge in [0.25, 0.3) is 0 Å². The molecule has 1 fully saturated rings. The lowest BCUT2D eigenvalue weighted by Gasteiger charge is -2.22. The Hall–Kier alpha value is -0.560. The predicted molar refractivity (Wildman–Crippen MR) is 58.5 cm³/mol. The molecule has 1 aliphatic rings. The topological polar surface area (TPSA) is 72.2 Å². The molecule has 2 heterocycles. The Morgan fingerprint density at radius 2 is 2.07 bits per heavy atom. The minimum atomic E-state index is -2.85. The van der Waals surface area contributed by atoms with Gasteiger partial charge in [-0.25, -0.2) is 8.42 Å². The van der Waals surface area contributed by atoms with Gasteiger partial charge in [-0.1, -0.05) is 0 Å². The van der Waals surface area contributed by atoms with Crippen LogP contribution in [0.4, 0.5) is 0 Å². The van der Waals surface area contributed by atoms with Crippen molar-refractivity contribution in [3.8, 4) is 5.75 Å². The average Bonchev–Trinajstić information content (AvgIpc) is 2.49. The summed E-state index contributed by atoms with van der Waals surface area (Å²) in [7, 11) is -2.85. The average molecular weight is 295 g/mol. The van der Waals surface area contributed by atoms with Crippen LogP contribution in [-0.4, -0.2) is 34.8 Å². The van der Waals surface area contributed by atoms with Gasteiger partial charge in [0.1, 0.15) is 14.4 Å². The van der Waals surface area contributed by atoms with Gasteiger partial charge in [-0.15, -0.1) is 0 Å². The van der Waals surface area contributed by atoms with Crippen LogP contribution in [0.5, 0.6) is 5.75 Å². The Kier molecular flexibility index (Phi) is 2.76. The van der Waals surface area contributed by atoms with E-state index in [4.69, 9.17) is 0 Å². The lowest BCUT2D eigenvalue weighted by atomic mass is 10.2. The fourth-order valence-corrected chi connectivity index (χ4v) is 3.66. The molecule has 0 aliphatic carbocycles. The Morgan fingerprint density at radius 1 is 1.47 bits per heavy atom. The molecule has 1 aromatic rings. The molecule has 0 radical (unpaired) electrons. The number of sulfone groups is 1. The highest BCUT2D eigenvalue weighted by Crippen LogP contribution is 2.31. The van der Waals surface area contributed by atoms with Crippen LogP contribution in [0.25, 0.3) is 0 Å². The number of nitrogens with zero attached hydrogens (tertiary/aromatic N) is 2. The second-order valence-electron chi connectivity index (χ2n) is 3.65. The summed E-state index contributed by atoms with van der Waals surface area (Å²) in [5.41, 5.74) is 0. The molecule has 0 amide bonds. The third kappa shape index (κ3) is 2.17. The zero-order valence-corrected chi connectivity index (χ0v) is 10.3. The van der Waals surface area contributed by atoms with Crippen LogP contribution in [0.3, 0.4) is 0 Å². The minimum Gasteiger partial charge on any atom is -0.504 e. The minimum absolute atomic E-state index is 0.0591. The molecule has 0 aromatic carbocycles. The molecular weight excluding hydrogens is 284 g/mol. The van der Waals surface area contributed by atoms with Gasteiger partial charge in [0, 0.05) is 0 Å². The normalized spacial score (nSPS) is 21.7. The van der Waals surface area contributed by atoms with Crippen molar-refractivity contribution in [1.29, 1.82) is 0 Å². The number of halogens is 1. The van der Waals surface area contributed by atoms with Crippen LogP contribution in [0, 0.1) is 0 Å². The van der Waals surface area contributed by atoms with Gasteiger partial charge in [-0.2, -0.15) is 5.10 Å². The van der Waals surface area contributed by atoms with Crippen LogP contribution >= 0.6 is 15.9 Å². The molecule has 0 bridgehead atoms. The Bertz CT molecular complexity index is 454. The molecule has 0 unspecified atom stereocenters. The van der Waals surface area contributed by atoms with E-state index in [0.717, 1.165) is 0 Å². The molecule has 1 aromatic heterocycles. The first-order valence-corrected chi connectivity index (χ1v) is 7.23. The second-order valence-corrected chi connectivity index (χ2v) is 6.70. The van der Waals surface area contributed by atoms with Gasteiger partial charge in [-0.05, 0) is 28.8 Å². The SMILES string of the molecule is O=S1(=O)CCC(n2ncc(O)c2Br)CC1. The molecule has 1 saturated heterocycles. The standard InChI is InChI=1S/C8H11BrN2O3S/c9-8-7(12)5-10-11(8)6-1-3-15(13,14)4-2-6/h5-6,12H,1-4H2. The lowest BCUT2D eigenvalue weighted by Crippen LogP contribution is -2.26. The van der Waals surface area contributed by atoms with Gasteiger partial charge >= 0.3 is 0 Å². The second kappa shape index (κ2) is 3.79. The van der Waals surface area contributed by atoms with Crippen molar-refractivity contribution >= 4 is 25.8 Å². The smallest absolute Gasteiger partial charge is 0.168 e. The zero-order valence-electron chi connectivity index (χ0n) is 7.93. The van der Waals surface area contributed by atoms with E-state index in [1.165, 1.54) is 6.20 Å². The zero-order chi connectivity index (χ0) is 11.1. The summed E-state index contributed by atoms with van der Waals surface area (Å²) in [6, 6.07) is 0.0591. The maximum Gasteiger partial charge on any atom is 0.168 e. The van der Waals surface area contributed by atoms with E-state index in [-0.39, 0.29) is 23.3 Å². The molecule has 0 atom stereocenters. The molecular formula is C8H11BrN2O3S. The molecule has 84 valence electrons. The van der Waals surface area contributed by atoms with E-state index in [0.29, 0.717) is 17.4 Å². The third-order valence-electron chi connectivity index (χ3n) is 2.59. The molecule has 0 spiro atoms. The summed E-state index contributed by atoms with van der Waals surface area (Å²) in [6.07, 6.45) is 2.47.